The monoisotopic (exact) mass is 272 g/mol. The van der Waals surface area contributed by atoms with Crippen LogP contribution in [0.1, 0.15) is 24.3 Å². The molecule has 20 heavy (non-hydrogen) atoms. The number of nitrogens with two attached hydrogens (primary N) is 1. The van der Waals surface area contributed by atoms with Crippen molar-refractivity contribution in [2.75, 3.05) is 19.3 Å². The van der Waals surface area contributed by atoms with Crippen LogP contribution in [-0.4, -0.2) is 34.2 Å². The quantitative estimate of drug-likeness (QED) is 0.868. The van der Waals surface area contributed by atoms with Gasteiger partial charge in [0.15, 0.2) is 5.69 Å². The first-order valence-corrected chi connectivity index (χ1v) is 6.64. The van der Waals surface area contributed by atoms with Crippen LogP contribution < -0.4 is 5.73 Å². The molecule has 0 aliphatic rings. The predicted octanol–water partition coefficient (Wildman–Crippen LogP) is 2.18. The highest BCUT2D eigenvalue weighted by atomic mass is 16.2. The van der Waals surface area contributed by atoms with E-state index in [0.29, 0.717) is 23.8 Å². The number of amides is 1. The van der Waals surface area contributed by atoms with Gasteiger partial charge in [-0.1, -0.05) is 13.8 Å². The second-order valence-corrected chi connectivity index (χ2v) is 5.32. The van der Waals surface area contributed by atoms with Crippen molar-refractivity contribution in [1.82, 2.24) is 14.7 Å². The average Bonchev–Trinajstić information content (AvgIpc) is 2.87. The van der Waals surface area contributed by atoms with Crippen LogP contribution in [0.15, 0.2) is 36.5 Å². The van der Waals surface area contributed by atoms with E-state index in [1.807, 2.05) is 24.3 Å². The van der Waals surface area contributed by atoms with Gasteiger partial charge in [0, 0.05) is 25.5 Å². The molecule has 0 unspecified atom stereocenters. The van der Waals surface area contributed by atoms with E-state index in [1.165, 1.54) is 0 Å². The summed E-state index contributed by atoms with van der Waals surface area (Å²) in [4.78, 5) is 13.9. The molecule has 2 rings (SSSR count). The van der Waals surface area contributed by atoms with E-state index in [4.69, 9.17) is 5.73 Å². The molecule has 0 atom stereocenters. The standard InChI is InChI=1S/C15H20N4O/c1-11(2)10-18(3)15(20)14-8-9-19(17-14)13-6-4-12(16)5-7-13/h4-9,11H,10,16H2,1-3H3. The smallest absolute Gasteiger partial charge is 0.274 e. The molecular formula is C15H20N4O. The Morgan fingerprint density at radius 2 is 1.95 bits per heavy atom. The molecule has 0 fully saturated rings. The van der Waals surface area contributed by atoms with E-state index in [-0.39, 0.29) is 5.91 Å². The zero-order valence-electron chi connectivity index (χ0n) is 12.1. The Balaban J connectivity index is 2.16. The molecule has 0 radical (unpaired) electrons. The molecule has 0 spiro atoms. The largest absolute Gasteiger partial charge is 0.399 e. The number of rotatable bonds is 4. The van der Waals surface area contributed by atoms with Crippen molar-refractivity contribution in [3.63, 3.8) is 0 Å². The number of anilines is 1. The van der Waals surface area contributed by atoms with Gasteiger partial charge in [0.2, 0.25) is 0 Å². The van der Waals surface area contributed by atoms with Gasteiger partial charge >= 0.3 is 0 Å². The molecule has 1 aromatic carbocycles. The average molecular weight is 272 g/mol. The summed E-state index contributed by atoms with van der Waals surface area (Å²) in [6, 6.07) is 9.09. The van der Waals surface area contributed by atoms with Gasteiger partial charge in [-0.25, -0.2) is 4.68 Å². The number of hydrogen-bond donors (Lipinski definition) is 1. The molecule has 5 heteroatoms. The Kier molecular flexibility index (Phi) is 4.08. The van der Waals surface area contributed by atoms with Crippen molar-refractivity contribution in [3.05, 3.63) is 42.2 Å². The van der Waals surface area contributed by atoms with Crippen molar-refractivity contribution in [2.24, 2.45) is 5.92 Å². The topological polar surface area (TPSA) is 64.2 Å². The van der Waals surface area contributed by atoms with Gasteiger partial charge in [-0.15, -0.1) is 0 Å². The van der Waals surface area contributed by atoms with E-state index < -0.39 is 0 Å². The number of benzene rings is 1. The molecule has 106 valence electrons. The van der Waals surface area contributed by atoms with Crippen LogP contribution in [0.4, 0.5) is 5.69 Å². The fourth-order valence-corrected chi connectivity index (χ4v) is 2.04. The Bertz CT molecular complexity index is 586. The Hall–Kier alpha value is -2.30. The van der Waals surface area contributed by atoms with Gasteiger partial charge in [0.05, 0.1) is 5.69 Å². The lowest BCUT2D eigenvalue weighted by Crippen LogP contribution is -2.30. The van der Waals surface area contributed by atoms with E-state index in [0.717, 1.165) is 5.69 Å². The fourth-order valence-electron chi connectivity index (χ4n) is 2.04. The molecule has 1 amide bonds. The van der Waals surface area contributed by atoms with Crippen LogP contribution in [0, 0.1) is 5.92 Å². The van der Waals surface area contributed by atoms with Gasteiger partial charge in [-0.2, -0.15) is 5.10 Å². The van der Waals surface area contributed by atoms with Crippen LogP contribution in [0.5, 0.6) is 0 Å². The number of carbonyl (C=O) groups is 1. The molecule has 1 heterocycles. The molecule has 0 aliphatic carbocycles. The lowest BCUT2D eigenvalue weighted by Gasteiger charge is -2.17. The maximum atomic E-state index is 12.2. The molecule has 1 aromatic heterocycles. The maximum absolute atomic E-state index is 12.2. The number of hydrogen-bond acceptors (Lipinski definition) is 3. The zero-order chi connectivity index (χ0) is 14.7. The first kappa shape index (κ1) is 14.1. The van der Waals surface area contributed by atoms with Crippen molar-refractivity contribution in [3.8, 4) is 5.69 Å². The van der Waals surface area contributed by atoms with E-state index in [9.17, 15) is 4.79 Å². The third kappa shape index (κ3) is 3.17. The molecular weight excluding hydrogens is 252 g/mol. The van der Waals surface area contributed by atoms with Crippen LogP contribution in [-0.2, 0) is 0 Å². The molecule has 2 N–H and O–H groups in total. The first-order chi connectivity index (χ1) is 9.47. The third-order valence-electron chi connectivity index (χ3n) is 2.95. The van der Waals surface area contributed by atoms with Crippen LogP contribution in [0.2, 0.25) is 0 Å². The van der Waals surface area contributed by atoms with Gasteiger partial charge in [0.25, 0.3) is 5.91 Å². The Morgan fingerprint density at radius 1 is 1.30 bits per heavy atom. The Labute approximate surface area is 119 Å². The van der Waals surface area contributed by atoms with Crippen molar-refractivity contribution < 1.29 is 4.79 Å². The highest BCUT2D eigenvalue weighted by molar-refractivity contribution is 5.92. The number of nitrogens with zero attached hydrogens (tertiary/aromatic N) is 3. The zero-order valence-corrected chi connectivity index (χ0v) is 12.1. The minimum absolute atomic E-state index is 0.0621. The van der Waals surface area contributed by atoms with Crippen molar-refractivity contribution in [2.45, 2.75) is 13.8 Å². The highest BCUT2D eigenvalue weighted by Gasteiger charge is 2.15. The van der Waals surface area contributed by atoms with Gasteiger partial charge < -0.3 is 10.6 Å². The van der Waals surface area contributed by atoms with Gasteiger partial charge in [0.1, 0.15) is 0 Å². The van der Waals surface area contributed by atoms with Crippen molar-refractivity contribution >= 4 is 11.6 Å². The van der Waals surface area contributed by atoms with Crippen LogP contribution in [0.25, 0.3) is 5.69 Å². The first-order valence-electron chi connectivity index (χ1n) is 6.64. The molecule has 5 nitrogen and oxygen atoms in total. The minimum Gasteiger partial charge on any atom is -0.399 e. The predicted molar refractivity (Wildman–Crippen MR) is 79.8 cm³/mol. The Morgan fingerprint density at radius 3 is 2.55 bits per heavy atom. The third-order valence-corrected chi connectivity index (χ3v) is 2.95. The van der Waals surface area contributed by atoms with E-state index in [1.54, 1.807) is 28.9 Å². The summed E-state index contributed by atoms with van der Waals surface area (Å²) in [6.45, 7) is 4.88. The summed E-state index contributed by atoms with van der Waals surface area (Å²) in [6.07, 6.45) is 1.78. The number of nitrogen functional groups attached to an aromatic ring is 1. The van der Waals surface area contributed by atoms with Crippen molar-refractivity contribution in [1.29, 1.82) is 0 Å². The molecule has 0 saturated heterocycles. The fraction of sp³-hybridized carbons (Fsp3) is 0.333. The summed E-state index contributed by atoms with van der Waals surface area (Å²) >= 11 is 0. The van der Waals surface area contributed by atoms with Crippen LogP contribution >= 0.6 is 0 Å². The SMILES string of the molecule is CC(C)CN(C)C(=O)c1ccn(-c2ccc(N)cc2)n1. The summed E-state index contributed by atoms with van der Waals surface area (Å²) in [5.74, 6) is 0.371. The lowest BCUT2D eigenvalue weighted by atomic mass is 10.2. The highest BCUT2D eigenvalue weighted by Crippen LogP contribution is 2.11. The maximum Gasteiger partial charge on any atom is 0.274 e. The van der Waals surface area contributed by atoms with E-state index in [2.05, 4.69) is 18.9 Å². The molecule has 0 aliphatic heterocycles. The van der Waals surface area contributed by atoms with E-state index >= 15 is 0 Å². The summed E-state index contributed by atoms with van der Waals surface area (Å²) in [5, 5.41) is 4.32. The van der Waals surface area contributed by atoms with Gasteiger partial charge in [-0.3, -0.25) is 4.79 Å². The normalized spacial score (nSPS) is 10.8. The number of carbonyl (C=O) groups excluding carboxylic acids is 1. The number of aromatic nitrogens is 2. The lowest BCUT2D eigenvalue weighted by molar-refractivity contribution is 0.0773. The molecule has 0 bridgehead atoms. The minimum atomic E-state index is -0.0621. The summed E-state index contributed by atoms with van der Waals surface area (Å²) in [7, 11) is 1.80. The second kappa shape index (κ2) is 5.77. The summed E-state index contributed by atoms with van der Waals surface area (Å²) < 4.78 is 1.68. The second-order valence-electron chi connectivity index (χ2n) is 5.32. The summed E-state index contributed by atoms with van der Waals surface area (Å²) in [5.41, 5.74) is 7.68. The molecule has 0 saturated carbocycles. The molecule has 2 aromatic rings. The van der Waals surface area contributed by atoms with Gasteiger partial charge in [-0.05, 0) is 36.2 Å². The van der Waals surface area contributed by atoms with Crippen LogP contribution in [0.3, 0.4) is 0 Å².